The van der Waals surface area contributed by atoms with Gasteiger partial charge in [-0.05, 0) is 55.1 Å². The molecular weight excluding hydrogens is 421 g/mol. The summed E-state index contributed by atoms with van der Waals surface area (Å²) in [6.45, 7) is 7.76. The number of anilines is 2. The smallest absolute Gasteiger partial charge is 0.492 e. The Bertz CT molecular complexity index is 959. The molecule has 170 valence electrons. The molecule has 0 aliphatic heterocycles. The number of nitrogens with zero attached hydrogens (tertiary/aromatic N) is 3. The molecule has 2 aromatic carbocycles. The molecule has 0 amide bonds. The molecule has 0 aliphatic carbocycles. The van der Waals surface area contributed by atoms with Gasteiger partial charge >= 0.3 is 6.36 Å². The van der Waals surface area contributed by atoms with Crippen molar-refractivity contribution in [2.24, 2.45) is 0 Å². The lowest BCUT2D eigenvalue weighted by molar-refractivity contribution is -0.274. The number of rotatable bonds is 10. The fourth-order valence-electron chi connectivity index (χ4n) is 2.99. The maximum absolute atomic E-state index is 12.3. The average Bonchev–Trinajstić information content (AvgIpc) is 2.78. The number of halogens is 3. The van der Waals surface area contributed by atoms with Crippen LogP contribution in [0.5, 0.6) is 11.5 Å². The van der Waals surface area contributed by atoms with E-state index >= 15 is 0 Å². The first-order valence-corrected chi connectivity index (χ1v) is 10.3. The van der Waals surface area contributed by atoms with Crippen LogP contribution in [0.2, 0.25) is 0 Å². The minimum absolute atomic E-state index is 0.277. The minimum Gasteiger partial charge on any atom is -0.492 e. The van der Waals surface area contributed by atoms with Crippen LogP contribution in [0.15, 0.2) is 60.9 Å². The van der Waals surface area contributed by atoms with Gasteiger partial charge in [0, 0.05) is 30.2 Å². The third-order valence-corrected chi connectivity index (χ3v) is 4.75. The Kier molecular flexibility index (Phi) is 7.88. The number of aromatic nitrogens is 2. The Morgan fingerprint density at radius 1 is 0.844 bits per heavy atom. The third kappa shape index (κ3) is 7.12. The van der Waals surface area contributed by atoms with Crippen LogP contribution in [0, 0.1) is 0 Å². The van der Waals surface area contributed by atoms with Crippen molar-refractivity contribution in [1.82, 2.24) is 14.9 Å². The number of hydrogen-bond acceptors (Lipinski definition) is 6. The fraction of sp³-hybridized carbons (Fsp3) is 0.304. The van der Waals surface area contributed by atoms with Gasteiger partial charge in [0.15, 0.2) is 0 Å². The topological polar surface area (TPSA) is 59.5 Å². The molecule has 32 heavy (non-hydrogen) atoms. The van der Waals surface area contributed by atoms with E-state index in [0.717, 1.165) is 31.1 Å². The maximum Gasteiger partial charge on any atom is 0.573 e. The second-order valence-corrected chi connectivity index (χ2v) is 6.89. The summed E-state index contributed by atoms with van der Waals surface area (Å²) in [7, 11) is 0. The van der Waals surface area contributed by atoms with Crippen molar-refractivity contribution in [3.05, 3.63) is 60.9 Å². The summed E-state index contributed by atoms with van der Waals surface area (Å²) in [6.07, 6.45) is -1.52. The van der Waals surface area contributed by atoms with Gasteiger partial charge in [-0.15, -0.1) is 13.2 Å². The summed E-state index contributed by atoms with van der Waals surface area (Å²) in [5.41, 5.74) is 2.16. The van der Waals surface area contributed by atoms with Crippen LogP contribution in [-0.4, -0.2) is 47.5 Å². The van der Waals surface area contributed by atoms with Gasteiger partial charge in [-0.2, -0.15) is 0 Å². The summed E-state index contributed by atoms with van der Waals surface area (Å²) in [5.74, 6) is 0.916. The van der Waals surface area contributed by atoms with Gasteiger partial charge in [0.25, 0.3) is 0 Å². The highest BCUT2D eigenvalue weighted by Gasteiger charge is 2.30. The highest BCUT2D eigenvalue weighted by atomic mass is 19.4. The number of benzene rings is 2. The number of alkyl halides is 3. The van der Waals surface area contributed by atoms with Gasteiger partial charge in [0.1, 0.15) is 18.1 Å². The predicted molar refractivity (Wildman–Crippen MR) is 117 cm³/mol. The minimum atomic E-state index is -4.71. The quantitative estimate of drug-likeness (QED) is 0.443. The Morgan fingerprint density at radius 2 is 1.44 bits per heavy atom. The molecule has 0 unspecified atom stereocenters. The molecule has 0 bridgehead atoms. The highest BCUT2D eigenvalue weighted by molar-refractivity contribution is 5.63. The van der Waals surface area contributed by atoms with Gasteiger partial charge in [-0.25, -0.2) is 9.97 Å². The molecule has 1 aromatic heterocycles. The van der Waals surface area contributed by atoms with E-state index in [-0.39, 0.29) is 5.75 Å². The number of nitrogens with one attached hydrogen (secondary N) is 1. The van der Waals surface area contributed by atoms with Gasteiger partial charge in [0.2, 0.25) is 5.95 Å². The van der Waals surface area contributed by atoms with Gasteiger partial charge in [-0.3, -0.25) is 0 Å². The van der Waals surface area contributed by atoms with Crippen LogP contribution in [0.4, 0.5) is 24.8 Å². The van der Waals surface area contributed by atoms with Crippen molar-refractivity contribution in [1.29, 1.82) is 0 Å². The van der Waals surface area contributed by atoms with Crippen molar-refractivity contribution in [2.45, 2.75) is 20.2 Å². The predicted octanol–water partition coefficient (Wildman–Crippen LogP) is 5.51. The van der Waals surface area contributed by atoms with Crippen molar-refractivity contribution in [2.75, 3.05) is 31.6 Å². The second kappa shape index (κ2) is 10.8. The van der Waals surface area contributed by atoms with Gasteiger partial charge in [-0.1, -0.05) is 26.0 Å². The Hall–Kier alpha value is -3.33. The lowest BCUT2D eigenvalue weighted by Gasteiger charge is -2.18. The Labute approximate surface area is 185 Å². The number of hydrogen-bond donors (Lipinski definition) is 1. The van der Waals surface area contributed by atoms with E-state index in [2.05, 4.69) is 38.8 Å². The molecular formula is C23H25F3N4O2. The van der Waals surface area contributed by atoms with E-state index in [1.165, 1.54) is 24.3 Å². The summed E-state index contributed by atoms with van der Waals surface area (Å²) >= 11 is 0. The van der Waals surface area contributed by atoms with Crippen LogP contribution in [-0.2, 0) is 0 Å². The molecule has 6 nitrogen and oxygen atoms in total. The molecule has 1 N–H and O–H groups in total. The third-order valence-electron chi connectivity index (χ3n) is 4.75. The molecule has 0 saturated carbocycles. The van der Waals surface area contributed by atoms with E-state index in [0.29, 0.717) is 23.7 Å². The molecule has 0 saturated heterocycles. The molecule has 3 rings (SSSR count). The molecule has 0 aliphatic rings. The molecule has 0 radical (unpaired) electrons. The largest absolute Gasteiger partial charge is 0.573 e. The Balaban J connectivity index is 1.54. The normalized spacial score (nSPS) is 11.4. The van der Waals surface area contributed by atoms with E-state index in [1.807, 2.05) is 24.3 Å². The van der Waals surface area contributed by atoms with E-state index in [9.17, 15) is 13.2 Å². The molecule has 9 heteroatoms. The molecule has 3 aromatic rings. The van der Waals surface area contributed by atoms with E-state index in [1.54, 1.807) is 12.4 Å². The standard InChI is InChI=1S/C23H25F3N4O2/c1-3-30(4-2)13-14-31-20-11-7-19(8-12-20)29-22-27-15-18(16-28-22)17-5-9-21(10-6-17)32-23(24,25)26/h5-12,15-16H,3-4,13-14H2,1-2H3,(H,27,28,29). The van der Waals surface area contributed by atoms with Crippen LogP contribution in [0.25, 0.3) is 11.1 Å². The van der Waals surface area contributed by atoms with Crippen LogP contribution in [0.3, 0.4) is 0 Å². The first kappa shape index (κ1) is 23.3. The zero-order valence-electron chi connectivity index (χ0n) is 17.9. The van der Waals surface area contributed by atoms with Crippen LogP contribution in [0.1, 0.15) is 13.8 Å². The lowest BCUT2D eigenvalue weighted by Crippen LogP contribution is -2.27. The first-order chi connectivity index (χ1) is 15.4. The lowest BCUT2D eigenvalue weighted by atomic mass is 10.1. The summed E-state index contributed by atoms with van der Waals surface area (Å²) in [4.78, 5) is 10.8. The summed E-state index contributed by atoms with van der Waals surface area (Å²) in [5, 5.41) is 3.11. The molecule has 1 heterocycles. The zero-order chi connectivity index (χ0) is 23.0. The van der Waals surface area contributed by atoms with Gasteiger partial charge in [0.05, 0.1) is 0 Å². The monoisotopic (exact) mass is 446 g/mol. The molecule has 0 atom stereocenters. The summed E-state index contributed by atoms with van der Waals surface area (Å²) < 4.78 is 46.4. The van der Waals surface area contributed by atoms with E-state index in [4.69, 9.17) is 4.74 Å². The highest BCUT2D eigenvalue weighted by Crippen LogP contribution is 2.26. The number of ether oxygens (including phenoxy) is 2. The number of likely N-dealkylation sites (N-methyl/N-ethyl adjacent to an activating group) is 1. The fourth-order valence-corrected chi connectivity index (χ4v) is 2.99. The van der Waals surface area contributed by atoms with Crippen LogP contribution >= 0.6 is 0 Å². The van der Waals surface area contributed by atoms with Crippen molar-refractivity contribution < 1.29 is 22.6 Å². The summed E-state index contributed by atoms with van der Waals surface area (Å²) in [6, 6.07) is 13.1. The van der Waals surface area contributed by atoms with Crippen molar-refractivity contribution >= 4 is 11.6 Å². The van der Waals surface area contributed by atoms with Crippen molar-refractivity contribution in [3.63, 3.8) is 0 Å². The maximum atomic E-state index is 12.3. The Morgan fingerprint density at radius 3 is 2.00 bits per heavy atom. The zero-order valence-corrected chi connectivity index (χ0v) is 17.9. The first-order valence-electron chi connectivity index (χ1n) is 10.3. The second-order valence-electron chi connectivity index (χ2n) is 6.89. The average molecular weight is 446 g/mol. The van der Waals surface area contributed by atoms with Gasteiger partial charge < -0.3 is 19.7 Å². The molecule has 0 fully saturated rings. The SMILES string of the molecule is CCN(CC)CCOc1ccc(Nc2ncc(-c3ccc(OC(F)(F)F)cc3)cn2)cc1. The van der Waals surface area contributed by atoms with E-state index < -0.39 is 6.36 Å². The van der Waals surface area contributed by atoms with Crippen molar-refractivity contribution in [3.8, 4) is 22.6 Å². The van der Waals surface area contributed by atoms with Crippen LogP contribution < -0.4 is 14.8 Å². The molecule has 0 spiro atoms.